The van der Waals surface area contributed by atoms with Gasteiger partial charge in [-0.3, -0.25) is 9.59 Å². The van der Waals surface area contributed by atoms with Crippen molar-refractivity contribution in [2.45, 2.75) is 13.3 Å². The fraction of sp³-hybridized carbons (Fsp3) is 0.300. The molecule has 3 rings (SSSR count). The number of carbonyl (C=O) groups is 2. The molecule has 0 aliphatic carbocycles. The molecule has 1 aliphatic rings. The van der Waals surface area contributed by atoms with Gasteiger partial charge in [-0.1, -0.05) is 6.07 Å². The quantitative estimate of drug-likeness (QED) is 0.847. The maximum atomic E-state index is 13.2. The largest absolute Gasteiger partial charge is 0.339 e. The fourth-order valence-corrected chi connectivity index (χ4v) is 3.07. The molecule has 1 heterocycles. The van der Waals surface area contributed by atoms with E-state index < -0.39 is 0 Å². The highest BCUT2D eigenvalue weighted by Gasteiger charge is 2.25. The summed E-state index contributed by atoms with van der Waals surface area (Å²) in [5, 5.41) is 0. The van der Waals surface area contributed by atoms with Crippen molar-refractivity contribution in [2.75, 3.05) is 26.2 Å². The van der Waals surface area contributed by atoms with Gasteiger partial charge in [0.2, 0.25) is 5.91 Å². The third-order valence-corrected chi connectivity index (χ3v) is 4.66. The van der Waals surface area contributed by atoms with Gasteiger partial charge in [0.25, 0.3) is 5.91 Å². The second kappa shape index (κ2) is 7.64. The molecule has 1 aliphatic heterocycles. The van der Waals surface area contributed by atoms with Gasteiger partial charge in [0.15, 0.2) is 0 Å². The second-order valence-corrected chi connectivity index (χ2v) is 6.43. The zero-order valence-electron chi connectivity index (χ0n) is 14.5. The Morgan fingerprint density at radius 1 is 0.885 bits per heavy atom. The van der Waals surface area contributed by atoms with Gasteiger partial charge in [0.1, 0.15) is 11.6 Å². The maximum Gasteiger partial charge on any atom is 0.253 e. The molecule has 0 aromatic heterocycles. The molecule has 136 valence electrons. The molecule has 2 amide bonds. The van der Waals surface area contributed by atoms with Crippen molar-refractivity contribution < 1.29 is 18.4 Å². The Morgan fingerprint density at radius 2 is 1.46 bits per heavy atom. The zero-order valence-corrected chi connectivity index (χ0v) is 14.5. The number of rotatable bonds is 3. The van der Waals surface area contributed by atoms with E-state index in [0.29, 0.717) is 31.7 Å². The van der Waals surface area contributed by atoms with E-state index in [4.69, 9.17) is 0 Å². The van der Waals surface area contributed by atoms with E-state index in [9.17, 15) is 18.4 Å². The van der Waals surface area contributed by atoms with Gasteiger partial charge in [0, 0.05) is 31.7 Å². The van der Waals surface area contributed by atoms with Crippen LogP contribution in [0.15, 0.2) is 42.5 Å². The summed E-state index contributed by atoms with van der Waals surface area (Å²) in [6, 6.07) is 9.86. The lowest BCUT2D eigenvalue weighted by Crippen LogP contribution is -2.51. The molecule has 6 heteroatoms. The standard InChI is InChI=1S/C20H20F2N2O2/c1-14-12-18(22)7-4-16(14)13-19(25)23-8-10-24(11-9-23)20(26)15-2-5-17(21)6-3-15/h2-7,12H,8-11,13H2,1H3. The first-order valence-electron chi connectivity index (χ1n) is 8.51. The average Bonchev–Trinajstić information content (AvgIpc) is 2.64. The number of aryl methyl sites for hydroxylation is 1. The van der Waals surface area contributed by atoms with Gasteiger partial charge in [-0.15, -0.1) is 0 Å². The van der Waals surface area contributed by atoms with Crippen LogP contribution >= 0.6 is 0 Å². The van der Waals surface area contributed by atoms with Crippen molar-refractivity contribution >= 4 is 11.8 Å². The van der Waals surface area contributed by atoms with Gasteiger partial charge in [-0.2, -0.15) is 0 Å². The highest BCUT2D eigenvalue weighted by atomic mass is 19.1. The first kappa shape index (κ1) is 18.0. The summed E-state index contributed by atoms with van der Waals surface area (Å²) in [6.07, 6.45) is 0.220. The molecular formula is C20H20F2N2O2. The molecule has 26 heavy (non-hydrogen) atoms. The number of nitrogens with zero attached hydrogens (tertiary/aromatic N) is 2. The summed E-state index contributed by atoms with van der Waals surface area (Å²) < 4.78 is 26.1. The van der Waals surface area contributed by atoms with Crippen molar-refractivity contribution in [3.8, 4) is 0 Å². The number of amides is 2. The third-order valence-electron chi connectivity index (χ3n) is 4.66. The Labute approximate surface area is 151 Å². The van der Waals surface area contributed by atoms with Gasteiger partial charge >= 0.3 is 0 Å². The molecule has 0 atom stereocenters. The Morgan fingerprint density at radius 3 is 2.08 bits per heavy atom. The Bertz CT molecular complexity index is 813. The average molecular weight is 358 g/mol. The van der Waals surface area contributed by atoms with Gasteiger partial charge < -0.3 is 9.80 Å². The molecule has 0 N–H and O–H groups in total. The lowest BCUT2D eigenvalue weighted by atomic mass is 10.0. The fourth-order valence-electron chi connectivity index (χ4n) is 3.07. The van der Waals surface area contributed by atoms with Crippen molar-refractivity contribution in [1.82, 2.24) is 9.80 Å². The van der Waals surface area contributed by atoms with Crippen LogP contribution in [-0.2, 0) is 11.2 Å². The molecular weight excluding hydrogens is 338 g/mol. The predicted molar refractivity (Wildman–Crippen MR) is 93.7 cm³/mol. The van der Waals surface area contributed by atoms with E-state index in [1.807, 2.05) is 0 Å². The van der Waals surface area contributed by atoms with E-state index in [0.717, 1.165) is 11.1 Å². The second-order valence-electron chi connectivity index (χ2n) is 6.43. The summed E-state index contributed by atoms with van der Waals surface area (Å²) in [5.74, 6) is -0.889. The third kappa shape index (κ3) is 4.07. The molecule has 2 aromatic carbocycles. The summed E-state index contributed by atoms with van der Waals surface area (Å²) in [6.45, 7) is 3.55. The van der Waals surface area contributed by atoms with E-state index in [-0.39, 0.29) is 29.9 Å². The van der Waals surface area contributed by atoms with Crippen molar-refractivity contribution in [3.63, 3.8) is 0 Å². The van der Waals surface area contributed by atoms with Crippen LogP contribution in [0.1, 0.15) is 21.5 Å². The Hall–Kier alpha value is -2.76. The topological polar surface area (TPSA) is 40.6 Å². The molecule has 0 saturated carbocycles. The minimum absolute atomic E-state index is 0.0337. The number of halogens is 2. The lowest BCUT2D eigenvalue weighted by Gasteiger charge is -2.35. The molecule has 0 spiro atoms. The number of piperazine rings is 1. The minimum Gasteiger partial charge on any atom is -0.339 e. The van der Waals surface area contributed by atoms with Crippen LogP contribution in [0.25, 0.3) is 0 Å². The lowest BCUT2D eigenvalue weighted by molar-refractivity contribution is -0.131. The Kier molecular flexibility index (Phi) is 5.30. The number of hydrogen-bond acceptors (Lipinski definition) is 2. The van der Waals surface area contributed by atoms with Crippen LogP contribution in [-0.4, -0.2) is 47.8 Å². The summed E-state index contributed by atoms with van der Waals surface area (Å²) in [4.78, 5) is 28.3. The molecule has 1 fully saturated rings. The van der Waals surface area contributed by atoms with Crippen molar-refractivity contribution in [1.29, 1.82) is 0 Å². The summed E-state index contributed by atoms with van der Waals surface area (Å²) in [5.41, 5.74) is 2.00. The Balaban J connectivity index is 1.56. The monoisotopic (exact) mass is 358 g/mol. The zero-order chi connectivity index (χ0) is 18.7. The van der Waals surface area contributed by atoms with Crippen molar-refractivity contribution in [2.24, 2.45) is 0 Å². The minimum atomic E-state index is -0.381. The first-order valence-corrected chi connectivity index (χ1v) is 8.51. The van der Waals surface area contributed by atoms with Gasteiger partial charge in [-0.25, -0.2) is 8.78 Å². The molecule has 4 nitrogen and oxygen atoms in total. The van der Waals surface area contributed by atoms with Crippen molar-refractivity contribution in [3.05, 3.63) is 70.8 Å². The molecule has 1 saturated heterocycles. The molecule has 0 bridgehead atoms. The smallest absolute Gasteiger partial charge is 0.253 e. The highest BCUT2D eigenvalue weighted by Crippen LogP contribution is 2.14. The SMILES string of the molecule is Cc1cc(F)ccc1CC(=O)N1CCN(C(=O)c2ccc(F)cc2)CC1. The van der Waals surface area contributed by atoms with Crippen LogP contribution < -0.4 is 0 Å². The van der Waals surface area contributed by atoms with E-state index in [1.54, 1.807) is 22.8 Å². The van der Waals surface area contributed by atoms with Crippen LogP contribution in [0.3, 0.4) is 0 Å². The molecule has 0 unspecified atom stereocenters. The van der Waals surface area contributed by atoms with E-state index in [2.05, 4.69) is 0 Å². The molecule has 2 aromatic rings. The number of hydrogen-bond donors (Lipinski definition) is 0. The highest BCUT2D eigenvalue weighted by molar-refractivity contribution is 5.94. The van der Waals surface area contributed by atoms with Gasteiger partial charge in [-0.05, 0) is 54.4 Å². The first-order chi connectivity index (χ1) is 12.4. The number of carbonyl (C=O) groups excluding carboxylic acids is 2. The normalized spacial score (nSPS) is 14.4. The predicted octanol–water partition coefficient (Wildman–Crippen LogP) is 2.80. The molecule has 0 radical (unpaired) electrons. The van der Waals surface area contributed by atoms with Crippen LogP contribution in [0.5, 0.6) is 0 Å². The van der Waals surface area contributed by atoms with Crippen LogP contribution in [0, 0.1) is 18.6 Å². The van der Waals surface area contributed by atoms with Crippen LogP contribution in [0.2, 0.25) is 0 Å². The van der Waals surface area contributed by atoms with E-state index in [1.165, 1.54) is 36.4 Å². The maximum absolute atomic E-state index is 13.2. The summed E-state index contributed by atoms with van der Waals surface area (Å²) in [7, 11) is 0. The number of benzene rings is 2. The van der Waals surface area contributed by atoms with E-state index >= 15 is 0 Å². The summed E-state index contributed by atoms with van der Waals surface area (Å²) >= 11 is 0. The van der Waals surface area contributed by atoms with Crippen LogP contribution in [0.4, 0.5) is 8.78 Å². The van der Waals surface area contributed by atoms with Gasteiger partial charge in [0.05, 0.1) is 6.42 Å².